The van der Waals surface area contributed by atoms with Gasteiger partial charge in [0.15, 0.2) is 0 Å². The summed E-state index contributed by atoms with van der Waals surface area (Å²) in [6, 6.07) is 5.67. The number of benzene rings is 1. The fourth-order valence-electron chi connectivity index (χ4n) is 5.21. The highest BCUT2D eigenvalue weighted by Gasteiger charge is 2.58. The highest BCUT2D eigenvalue weighted by Crippen LogP contribution is 2.41. The number of amides is 1. The number of ether oxygens (including phenoxy) is 1. The maximum Gasteiger partial charge on any atom is 0.340 e. The molecule has 1 unspecified atom stereocenters. The Morgan fingerprint density at radius 1 is 1.21 bits per heavy atom. The van der Waals surface area contributed by atoms with Crippen LogP contribution in [0.5, 0.6) is 5.75 Å². The van der Waals surface area contributed by atoms with Crippen molar-refractivity contribution in [2.24, 2.45) is 0 Å². The van der Waals surface area contributed by atoms with Gasteiger partial charge in [0.25, 0.3) is 5.91 Å². The van der Waals surface area contributed by atoms with Crippen molar-refractivity contribution in [1.29, 1.82) is 0 Å². The van der Waals surface area contributed by atoms with Crippen molar-refractivity contribution < 1.29 is 19.4 Å². The smallest absolute Gasteiger partial charge is 0.340 e. The van der Waals surface area contributed by atoms with Gasteiger partial charge in [0.2, 0.25) is 5.54 Å². The van der Waals surface area contributed by atoms with Gasteiger partial charge < -0.3 is 20.2 Å². The lowest BCUT2D eigenvalue weighted by Crippen LogP contribution is -2.61. The summed E-state index contributed by atoms with van der Waals surface area (Å²) in [6.07, 6.45) is 5.58. The van der Waals surface area contributed by atoms with E-state index in [0.717, 1.165) is 25.8 Å². The number of nitrogens with one attached hydrogen (secondary N) is 2. The van der Waals surface area contributed by atoms with Crippen molar-refractivity contribution in [3.63, 3.8) is 0 Å². The van der Waals surface area contributed by atoms with Crippen molar-refractivity contribution in [3.8, 4) is 5.75 Å². The molecule has 3 heterocycles. The average molecular weight is 386 g/mol. The Kier molecular flexibility index (Phi) is 4.03. The van der Waals surface area contributed by atoms with E-state index in [-0.39, 0.29) is 12.1 Å². The molecule has 2 bridgehead atoms. The molecule has 3 N–H and O–H groups in total. The van der Waals surface area contributed by atoms with Crippen molar-refractivity contribution in [2.45, 2.75) is 55.8 Å². The molecular formula is C20H26N4O4. The number of carbonyl (C=O) groups is 2. The van der Waals surface area contributed by atoms with Crippen molar-refractivity contribution in [2.75, 3.05) is 25.6 Å². The molecule has 3 fully saturated rings. The molecule has 3 atom stereocenters. The molecule has 1 aromatic carbocycles. The largest absolute Gasteiger partial charge is 0.490 e. The summed E-state index contributed by atoms with van der Waals surface area (Å²) in [6.45, 7) is 1.37. The number of aliphatic carboxylic acids is 1. The van der Waals surface area contributed by atoms with Crippen LogP contribution in [0.25, 0.3) is 0 Å². The van der Waals surface area contributed by atoms with Crippen LogP contribution < -0.4 is 15.6 Å². The normalized spacial score (nSPS) is 31.8. The molecule has 8 nitrogen and oxygen atoms in total. The second kappa shape index (κ2) is 6.35. The first kappa shape index (κ1) is 17.8. The number of piperazine rings is 1. The quantitative estimate of drug-likeness (QED) is 0.668. The third-order valence-electron chi connectivity index (χ3n) is 6.80. The number of rotatable bonds is 4. The second-order valence-electron chi connectivity index (χ2n) is 8.48. The molecule has 4 aliphatic rings. The second-order valence-corrected chi connectivity index (χ2v) is 8.48. The topological polar surface area (TPSA) is 94.1 Å². The summed E-state index contributed by atoms with van der Waals surface area (Å²) in [5.41, 5.74) is 4.95. The number of hydrogen-bond donors (Lipinski definition) is 3. The van der Waals surface area contributed by atoms with Crippen molar-refractivity contribution in [3.05, 3.63) is 23.8 Å². The number of fused-ring (bicyclic) bond motifs is 3. The summed E-state index contributed by atoms with van der Waals surface area (Å²) in [5, 5.41) is 10.1. The Balaban J connectivity index is 1.43. The average Bonchev–Trinajstić information content (AvgIpc) is 3.44. The molecule has 1 aromatic rings. The van der Waals surface area contributed by atoms with Crippen LogP contribution in [0.2, 0.25) is 0 Å². The Morgan fingerprint density at radius 2 is 2.00 bits per heavy atom. The van der Waals surface area contributed by atoms with Crippen LogP contribution in [0.3, 0.4) is 0 Å². The first-order valence-corrected chi connectivity index (χ1v) is 10.1. The van der Waals surface area contributed by atoms with Crippen LogP contribution in [-0.4, -0.2) is 65.1 Å². The summed E-state index contributed by atoms with van der Waals surface area (Å²) in [4.78, 5) is 29.7. The minimum Gasteiger partial charge on any atom is -0.490 e. The summed E-state index contributed by atoms with van der Waals surface area (Å²) >= 11 is 0. The predicted molar refractivity (Wildman–Crippen MR) is 102 cm³/mol. The molecule has 28 heavy (non-hydrogen) atoms. The van der Waals surface area contributed by atoms with Crippen LogP contribution >= 0.6 is 0 Å². The van der Waals surface area contributed by atoms with Crippen molar-refractivity contribution in [1.82, 2.24) is 15.2 Å². The number of nitrogens with zero attached hydrogens (tertiary/aromatic N) is 2. The standard InChI is InChI=1S/C20H26N4O4/c1-23-10-13-8-12(23)11-24(13)18(25)20(19(26)27)16-7-6-15(9-17(16)21-22-20)28-14-4-2-3-5-14/h6-7,9,12-14,21-22H,2-5,8,10-11H2,1H3,(H,26,27)/t12-,13-,20?/m0/s1. The number of carboxylic acids is 1. The molecule has 3 aliphatic heterocycles. The third-order valence-corrected chi connectivity index (χ3v) is 6.80. The molecule has 5 rings (SSSR count). The molecule has 2 saturated heterocycles. The van der Waals surface area contributed by atoms with Gasteiger partial charge in [-0.2, -0.15) is 0 Å². The van der Waals surface area contributed by atoms with E-state index in [1.165, 1.54) is 12.8 Å². The Hall–Kier alpha value is -2.32. The minimum atomic E-state index is -1.80. The molecule has 1 aliphatic carbocycles. The van der Waals surface area contributed by atoms with E-state index in [2.05, 4.69) is 22.8 Å². The molecule has 1 saturated carbocycles. The van der Waals surface area contributed by atoms with Crippen LogP contribution in [0.1, 0.15) is 37.7 Å². The number of anilines is 1. The van der Waals surface area contributed by atoms with Crippen LogP contribution in [-0.2, 0) is 15.1 Å². The minimum absolute atomic E-state index is 0.0783. The van der Waals surface area contributed by atoms with Gasteiger partial charge in [-0.05, 0) is 45.2 Å². The zero-order valence-corrected chi connectivity index (χ0v) is 16.0. The molecular weight excluding hydrogens is 360 g/mol. The molecule has 0 spiro atoms. The number of hydrazine groups is 1. The van der Waals surface area contributed by atoms with Gasteiger partial charge >= 0.3 is 5.97 Å². The number of carbonyl (C=O) groups excluding carboxylic acids is 1. The lowest BCUT2D eigenvalue weighted by atomic mass is 9.88. The molecule has 8 heteroatoms. The maximum atomic E-state index is 13.4. The maximum absolute atomic E-state index is 13.4. The predicted octanol–water partition coefficient (Wildman–Crippen LogP) is 1.13. The zero-order valence-electron chi connectivity index (χ0n) is 16.0. The third kappa shape index (κ3) is 2.51. The van der Waals surface area contributed by atoms with E-state index >= 15 is 0 Å². The Bertz CT molecular complexity index is 822. The van der Waals surface area contributed by atoms with Gasteiger partial charge in [0.1, 0.15) is 5.75 Å². The fourth-order valence-corrected chi connectivity index (χ4v) is 5.21. The van der Waals surface area contributed by atoms with Gasteiger partial charge in [-0.1, -0.05) is 6.07 Å². The van der Waals surface area contributed by atoms with Gasteiger partial charge in [0.05, 0.1) is 11.8 Å². The van der Waals surface area contributed by atoms with E-state index in [0.29, 0.717) is 29.6 Å². The molecule has 0 aromatic heterocycles. The SMILES string of the molecule is CN1C[C@@H]2C[C@H]1CN2C(=O)C1(C(=O)O)NNc2cc(OC3CCCC3)ccc21. The van der Waals surface area contributed by atoms with Crippen LogP contribution in [0.4, 0.5) is 5.69 Å². The first-order valence-electron chi connectivity index (χ1n) is 10.1. The highest BCUT2D eigenvalue weighted by atomic mass is 16.5. The lowest BCUT2D eigenvalue weighted by molar-refractivity contribution is -0.156. The van der Waals surface area contributed by atoms with Gasteiger partial charge in [-0.3, -0.25) is 9.69 Å². The Labute approximate surface area is 163 Å². The number of likely N-dealkylation sites (N-methyl/N-ethyl adjacent to an activating group) is 1. The molecule has 0 radical (unpaired) electrons. The summed E-state index contributed by atoms with van der Waals surface area (Å²) in [7, 11) is 2.05. The number of likely N-dealkylation sites (tertiary alicyclic amines) is 2. The first-order chi connectivity index (χ1) is 13.5. The van der Waals surface area contributed by atoms with E-state index in [1.54, 1.807) is 23.1 Å². The number of hydrogen-bond acceptors (Lipinski definition) is 6. The highest BCUT2D eigenvalue weighted by molar-refractivity contribution is 6.10. The van der Waals surface area contributed by atoms with E-state index in [1.807, 2.05) is 0 Å². The summed E-state index contributed by atoms with van der Waals surface area (Å²) < 4.78 is 6.03. The van der Waals surface area contributed by atoms with Gasteiger partial charge in [-0.15, -0.1) is 0 Å². The fraction of sp³-hybridized carbons (Fsp3) is 0.600. The molecule has 1 amide bonds. The van der Waals surface area contributed by atoms with Crippen LogP contribution in [0.15, 0.2) is 18.2 Å². The van der Waals surface area contributed by atoms with Gasteiger partial charge in [-0.25, -0.2) is 10.2 Å². The lowest BCUT2D eigenvalue weighted by Gasteiger charge is -2.36. The van der Waals surface area contributed by atoms with Gasteiger partial charge in [0, 0.05) is 36.8 Å². The van der Waals surface area contributed by atoms with Crippen molar-refractivity contribution >= 4 is 17.6 Å². The van der Waals surface area contributed by atoms with E-state index in [4.69, 9.17) is 4.74 Å². The Morgan fingerprint density at radius 3 is 2.64 bits per heavy atom. The van der Waals surface area contributed by atoms with E-state index in [9.17, 15) is 14.7 Å². The monoisotopic (exact) mass is 386 g/mol. The number of carboxylic acid groups (broad SMARTS) is 1. The zero-order chi connectivity index (χ0) is 19.5. The van der Waals surface area contributed by atoms with E-state index < -0.39 is 17.4 Å². The van der Waals surface area contributed by atoms with Crippen LogP contribution in [0, 0.1) is 0 Å². The summed E-state index contributed by atoms with van der Waals surface area (Å²) in [5.74, 6) is -0.879. The molecule has 150 valence electrons.